The fourth-order valence-corrected chi connectivity index (χ4v) is 2.01. The number of imidazole rings is 1. The first-order valence-corrected chi connectivity index (χ1v) is 6.15. The maximum absolute atomic E-state index is 5.52. The van der Waals surface area contributed by atoms with Crippen molar-refractivity contribution in [3.63, 3.8) is 0 Å². The van der Waals surface area contributed by atoms with Crippen molar-refractivity contribution in [2.45, 2.75) is 19.8 Å². The number of hydrogen-bond acceptors (Lipinski definition) is 3. The SMILES string of the molecule is COc1ccccc1-c1nc(CCCN)[nH]c1C. The minimum atomic E-state index is 0.684. The quantitative estimate of drug-likeness (QED) is 0.849. The minimum absolute atomic E-state index is 0.684. The van der Waals surface area contributed by atoms with Crippen molar-refractivity contribution in [1.82, 2.24) is 9.97 Å². The number of nitrogens with two attached hydrogens (primary N) is 1. The topological polar surface area (TPSA) is 63.9 Å². The number of nitrogens with zero attached hydrogens (tertiary/aromatic N) is 1. The van der Waals surface area contributed by atoms with Crippen LogP contribution in [0.1, 0.15) is 17.9 Å². The minimum Gasteiger partial charge on any atom is -0.496 e. The van der Waals surface area contributed by atoms with Crippen LogP contribution in [0.2, 0.25) is 0 Å². The van der Waals surface area contributed by atoms with E-state index in [4.69, 9.17) is 10.5 Å². The molecule has 1 aromatic heterocycles. The van der Waals surface area contributed by atoms with Crippen molar-refractivity contribution in [2.24, 2.45) is 5.73 Å². The van der Waals surface area contributed by atoms with E-state index >= 15 is 0 Å². The van der Waals surface area contributed by atoms with Crippen molar-refractivity contribution in [2.75, 3.05) is 13.7 Å². The number of H-pyrrole nitrogens is 1. The lowest BCUT2D eigenvalue weighted by Crippen LogP contribution is -2.01. The molecule has 0 bridgehead atoms. The maximum atomic E-state index is 5.52. The van der Waals surface area contributed by atoms with Crippen LogP contribution in [0, 0.1) is 6.92 Å². The number of aromatic amines is 1. The summed E-state index contributed by atoms with van der Waals surface area (Å²) in [6, 6.07) is 7.92. The lowest BCUT2D eigenvalue weighted by atomic mass is 10.1. The number of para-hydroxylation sites is 1. The van der Waals surface area contributed by atoms with Crippen LogP contribution in [-0.4, -0.2) is 23.6 Å². The monoisotopic (exact) mass is 245 g/mol. The summed E-state index contributed by atoms with van der Waals surface area (Å²) in [5, 5.41) is 0. The van der Waals surface area contributed by atoms with Crippen LogP contribution in [-0.2, 0) is 6.42 Å². The summed E-state index contributed by atoms with van der Waals surface area (Å²) < 4.78 is 5.37. The lowest BCUT2D eigenvalue weighted by molar-refractivity contribution is 0.416. The van der Waals surface area contributed by atoms with Gasteiger partial charge in [-0.3, -0.25) is 0 Å². The smallest absolute Gasteiger partial charge is 0.128 e. The van der Waals surface area contributed by atoms with Crippen LogP contribution in [0.15, 0.2) is 24.3 Å². The maximum Gasteiger partial charge on any atom is 0.128 e. The summed E-state index contributed by atoms with van der Waals surface area (Å²) in [5.74, 6) is 1.83. The van der Waals surface area contributed by atoms with Crippen molar-refractivity contribution in [1.29, 1.82) is 0 Å². The summed E-state index contributed by atoms with van der Waals surface area (Å²) in [6.45, 7) is 2.71. The van der Waals surface area contributed by atoms with Gasteiger partial charge in [-0.05, 0) is 32.0 Å². The number of ether oxygens (including phenoxy) is 1. The molecule has 0 atom stereocenters. The summed E-state index contributed by atoms with van der Waals surface area (Å²) in [4.78, 5) is 7.94. The summed E-state index contributed by atoms with van der Waals surface area (Å²) in [7, 11) is 1.68. The van der Waals surface area contributed by atoms with E-state index in [1.165, 1.54) is 0 Å². The van der Waals surface area contributed by atoms with E-state index in [2.05, 4.69) is 9.97 Å². The average Bonchev–Trinajstić information content (AvgIpc) is 2.77. The van der Waals surface area contributed by atoms with Gasteiger partial charge in [-0.1, -0.05) is 12.1 Å². The number of benzene rings is 1. The van der Waals surface area contributed by atoms with E-state index in [1.807, 2.05) is 31.2 Å². The standard InChI is InChI=1S/C14H19N3O/c1-10-14(17-13(16-10)8-5-9-15)11-6-3-4-7-12(11)18-2/h3-4,6-7H,5,8-9,15H2,1-2H3,(H,16,17). The fourth-order valence-electron chi connectivity index (χ4n) is 2.01. The molecular weight excluding hydrogens is 226 g/mol. The first-order valence-electron chi connectivity index (χ1n) is 6.15. The summed E-state index contributed by atoms with van der Waals surface area (Å²) in [6.07, 6.45) is 1.82. The molecule has 1 aromatic carbocycles. The number of methoxy groups -OCH3 is 1. The Hall–Kier alpha value is -1.81. The number of aromatic nitrogens is 2. The molecule has 0 saturated heterocycles. The van der Waals surface area contributed by atoms with Crippen LogP contribution in [0.5, 0.6) is 5.75 Å². The Morgan fingerprint density at radius 2 is 2.11 bits per heavy atom. The van der Waals surface area contributed by atoms with Gasteiger partial charge in [-0.2, -0.15) is 0 Å². The number of hydrogen-bond donors (Lipinski definition) is 2. The number of rotatable bonds is 5. The average molecular weight is 245 g/mol. The molecule has 3 N–H and O–H groups in total. The molecule has 1 heterocycles. The van der Waals surface area contributed by atoms with Gasteiger partial charge >= 0.3 is 0 Å². The van der Waals surface area contributed by atoms with Crippen LogP contribution >= 0.6 is 0 Å². The van der Waals surface area contributed by atoms with E-state index < -0.39 is 0 Å². The predicted molar refractivity (Wildman–Crippen MR) is 72.7 cm³/mol. The first kappa shape index (κ1) is 12.6. The highest BCUT2D eigenvalue weighted by Crippen LogP contribution is 2.30. The van der Waals surface area contributed by atoms with E-state index in [0.29, 0.717) is 6.54 Å². The second kappa shape index (κ2) is 5.69. The highest BCUT2D eigenvalue weighted by molar-refractivity contribution is 5.69. The second-order valence-electron chi connectivity index (χ2n) is 4.25. The fraction of sp³-hybridized carbons (Fsp3) is 0.357. The third kappa shape index (κ3) is 2.54. The third-order valence-corrected chi connectivity index (χ3v) is 2.91. The van der Waals surface area contributed by atoms with Crippen LogP contribution in [0.25, 0.3) is 11.3 Å². The molecule has 0 amide bonds. The van der Waals surface area contributed by atoms with Gasteiger partial charge in [0.2, 0.25) is 0 Å². The Labute approximate surface area is 107 Å². The van der Waals surface area contributed by atoms with Crippen molar-refractivity contribution >= 4 is 0 Å². The Kier molecular flexibility index (Phi) is 3.99. The van der Waals surface area contributed by atoms with Crippen LogP contribution in [0.3, 0.4) is 0 Å². The number of aryl methyl sites for hydroxylation is 2. The van der Waals surface area contributed by atoms with Crippen LogP contribution in [0.4, 0.5) is 0 Å². The van der Waals surface area contributed by atoms with Gasteiger partial charge in [-0.15, -0.1) is 0 Å². The molecule has 0 aliphatic carbocycles. The normalized spacial score (nSPS) is 10.6. The molecule has 0 aliphatic heterocycles. The molecule has 0 saturated carbocycles. The van der Waals surface area contributed by atoms with Crippen molar-refractivity contribution in [3.05, 3.63) is 35.8 Å². The van der Waals surface area contributed by atoms with Gasteiger partial charge < -0.3 is 15.5 Å². The predicted octanol–water partition coefficient (Wildman–Crippen LogP) is 2.29. The molecule has 96 valence electrons. The molecular formula is C14H19N3O. The molecule has 4 nitrogen and oxygen atoms in total. The molecule has 0 radical (unpaired) electrons. The zero-order valence-corrected chi connectivity index (χ0v) is 10.9. The van der Waals surface area contributed by atoms with Gasteiger partial charge in [0, 0.05) is 17.7 Å². The zero-order valence-electron chi connectivity index (χ0n) is 10.9. The van der Waals surface area contributed by atoms with Gasteiger partial charge in [0.25, 0.3) is 0 Å². The molecule has 0 spiro atoms. The van der Waals surface area contributed by atoms with Gasteiger partial charge in [0.15, 0.2) is 0 Å². The van der Waals surface area contributed by atoms with Crippen LogP contribution < -0.4 is 10.5 Å². The molecule has 0 fully saturated rings. The van der Waals surface area contributed by atoms with E-state index in [-0.39, 0.29) is 0 Å². The molecule has 2 aromatic rings. The Bertz CT molecular complexity index is 520. The largest absolute Gasteiger partial charge is 0.496 e. The first-order chi connectivity index (χ1) is 8.76. The van der Waals surface area contributed by atoms with Crippen molar-refractivity contribution in [3.8, 4) is 17.0 Å². The highest BCUT2D eigenvalue weighted by Gasteiger charge is 2.12. The molecule has 2 rings (SSSR count). The summed E-state index contributed by atoms with van der Waals surface area (Å²) in [5.41, 5.74) is 8.56. The Balaban J connectivity index is 2.35. The highest BCUT2D eigenvalue weighted by atomic mass is 16.5. The van der Waals surface area contributed by atoms with E-state index in [9.17, 15) is 0 Å². The van der Waals surface area contributed by atoms with E-state index in [0.717, 1.165) is 41.4 Å². The zero-order chi connectivity index (χ0) is 13.0. The Morgan fingerprint density at radius 1 is 1.33 bits per heavy atom. The lowest BCUT2D eigenvalue weighted by Gasteiger charge is -2.06. The van der Waals surface area contributed by atoms with Gasteiger partial charge in [0.1, 0.15) is 11.6 Å². The second-order valence-corrected chi connectivity index (χ2v) is 4.25. The van der Waals surface area contributed by atoms with Crippen molar-refractivity contribution < 1.29 is 4.74 Å². The molecule has 0 aliphatic rings. The molecule has 18 heavy (non-hydrogen) atoms. The molecule has 4 heteroatoms. The van der Waals surface area contributed by atoms with E-state index in [1.54, 1.807) is 7.11 Å². The van der Waals surface area contributed by atoms with Gasteiger partial charge in [0.05, 0.1) is 12.8 Å². The molecule has 0 unspecified atom stereocenters. The Morgan fingerprint density at radius 3 is 2.83 bits per heavy atom. The summed E-state index contributed by atoms with van der Waals surface area (Å²) >= 11 is 0. The van der Waals surface area contributed by atoms with Gasteiger partial charge in [-0.25, -0.2) is 4.98 Å². The number of nitrogens with one attached hydrogen (secondary N) is 1. The third-order valence-electron chi connectivity index (χ3n) is 2.91.